The van der Waals surface area contributed by atoms with Crippen LogP contribution in [0.3, 0.4) is 0 Å². The molecule has 0 radical (unpaired) electrons. The maximum atomic E-state index is 13.6. The van der Waals surface area contributed by atoms with Gasteiger partial charge in [-0.15, -0.1) is 0 Å². The van der Waals surface area contributed by atoms with Crippen LogP contribution in [0.25, 0.3) is 5.69 Å². The Bertz CT molecular complexity index is 968. The lowest BCUT2D eigenvalue weighted by molar-refractivity contribution is -0.143. The summed E-state index contributed by atoms with van der Waals surface area (Å²) < 4.78 is 41.5. The number of nitrogens with one attached hydrogen (secondary N) is 1. The number of amides is 1. The number of carbonyl (C=O) groups is 1. The molecule has 0 aliphatic heterocycles. The number of hydrogen-bond donors (Lipinski definition) is 1. The van der Waals surface area contributed by atoms with E-state index in [1.165, 1.54) is 24.3 Å². The van der Waals surface area contributed by atoms with Crippen LogP contribution in [-0.2, 0) is 12.6 Å². The van der Waals surface area contributed by atoms with Crippen molar-refractivity contribution in [1.29, 1.82) is 0 Å². The largest absolute Gasteiger partial charge is 0.434 e. The van der Waals surface area contributed by atoms with Crippen LogP contribution in [0.1, 0.15) is 21.6 Å². The highest BCUT2D eigenvalue weighted by Gasteiger charge is 2.40. The van der Waals surface area contributed by atoms with Crippen LogP contribution in [0.5, 0.6) is 0 Å². The van der Waals surface area contributed by atoms with Gasteiger partial charge in [-0.1, -0.05) is 35.3 Å². The Hall–Kier alpha value is -2.51. The Balaban J connectivity index is 1.79. The van der Waals surface area contributed by atoms with Gasteiger partial charge in [0.05, 0.1) is 17.4 Å². The Kier molecular flexibility index (Phi) is 5.96. The van der Waals surface area contributed by atoms with Crippen LogP contribution in [0.4, 0.5) is 13.2 Å². The lowest BCUT2D eigenvalue weighted by Crippen LogP contribution is -2.28. The number of alkyl halides is 3. The first-order valence-corrected chi connectivity index (χ1v) is 8.95. The van der Waals surface area contributed by atoms with Crippen molar-refractivity contribution in [2.45, 2.75) is 12.6 Å². The van der Waals surface area contributed by atoms with Crippen molar-refractivity contribution >= 4 is 29.1 Å². The van der Waals surface area contributed by atoms with E-state index in [0.717, 1.165) is 11.8 Å². The molecule has 0 bridgehead atoms. The second kappa shape index (κ2) is 8.24. The molecule has 0 spiro atoms. The van der Waals surface area contributed by atoms with Crippen molar-refractivity contribution in [2.24, 2.45) is 0 Å². The fourth-order valence-electron chi connectivity index (χ4n) is 2.63. The van der Waals surface area contributed by atoms with E-state index in [1.54, 1.807) is 24.3 Å². The van der Waals surface area contributed by atoms with Gasteiger partial charge in [0.2, 0.25) is 0 Å². The Morgan fingerprint density at radius 1 is 1.00 bits per heavy atom. The van der Waals surface area contributed by atoms with Gasteiger partial charge in [0.15, 0.2) is 5.69 Å². The highest BCUT2D eigenvalue weighted by atomic mass is 35.5. The molecule has 146 valence electrons. The van der Waals surface area contributed by atoms with Gasteiger partial charge in [0.25, 0.3) is 5.91 Å². The van der Waals surface area contributed by atoms with Crippen LogP contribution in [0.2, 0.25) is 10.0 Å². The van der Waals surface area contributed by atoms with Gasteiger partial charge in [-0.05, 0) is 48.4 Å². The highest BCUT2D eigenvalue weighted by Crippen LogP contribution is 2.33. The third kappa shape index (κ3) is 4.66. The third-order valence-corrected chi connectivity index (χ3v) is 4.47. The van der Waals surface area contributed by atoms with Crippen molar-refractivity contribution in [3.63, 3.8) is 0 Å². The van der Waals surface area contributed by atoms with E-state index < -0.39 is 23.3 Å². The van der Waals surface area contributed by atoms with Crippen molar-refractivity contribution in [2.75, 3.05) is 6.54 Å². The number of benzene rings is 2. The SMILES string of the molecule is O=C(NCCc1ccc(Cl)cc1)c1cnn(-c2ccc(Cl)cc2)c1C(F)(F)F. The molecule has 0 aliphatic carbocycles. The van der Waals surface area contributed by atoms with Crippen LogP contribution in [0.15, 0.2) is 54.7 Å². The number of aromatic nitrogens is 2. The van der Waals surface area contributed by atoms with Gasteiger partial charge >= 0.3 is 6.18 Å². The number of halogens is 5. The van der Waals surface area contributed by atoms with E-state index in [2.05, 4.69) is 10.4 Å². The molecule has 28 heavy (non-hydrogen) atoms. The van der Waals surface area contributed by atoms with E-state index in [9.17, 15) is 18.0 Å². The molecule has 0 unspecified atom stereocenters. The zero-order valence-electron chi connectivity index (χ0n) is 14.3. The molecule has 1 aromatic heterocycles. The third-order valence-electron chi connectivity index (χ3n) is 3.97. The summed E-state index contributed by atoms with van der Waals surface area (Å²) >= 11 is 11.6. The van der Waals surface area contributed by atoms with E-state index in [1.807, 2.05) is 0 Å². The summed E-state index contributed by atoms with van der Waals surface area (Å²) in [5, 5.41) is 7.22. The first-order chi connectivity index (χ1) is 13.3. The van der Waals surface area contributed by atoms with Gasteiger partial charge in [-0.25, -0.2) is 4.68 Å². The van der Waals surface area contributed by atoms with Crippen molar-refractivity contribution in [1.82, 2.24) is 15.1 Å². The van der Waals surface area contributed by atoms with Crippen LogP contribution < -0.4 is 5.32 Å². The van der Waals surface area contributed by atoms with E-state index in [-0.39, 0.29) is 12.2 Å². The quantitative estimate of drug-likeness (QED) is 0.610. The van der Waals surface area contributed by atoms with E-state index in [0.29, 0.717) is 21.1 Å². The second-order valence-corrected chi connectivity index (χ2v) is 6.80. The van der Waals surface area contributed by atoms with Crippen LogP contribution in [-0.4, -0.2) is 22.2 Å². The first-order valence-electron chi connectivity index (χ1n) is 8.19. The molecule has 1 heterocycles. The molecule has 2 aromatic carbocycles. The molecule has 4 nitrogen and oxygen atoms in total. The highest BCUT2D eigenvalue weighted by molar-refractivity contribution is 6.30. The standard InChI is InChI=1S/C19H14Cl2F3N3O/c20-13-3-1-12(2-4-13)9-10-25-18(28)16-11-26-27(17(16)19(22,23)24)15-7-5-14(21)6-8-15/h1-8,11H,9-10H2,(H,25,28). The molecule has 0 atom stereocenters. The summed E-state index contributed by atoms with van der Waals surface area (Å²) in [5.41, 5.74) is -0.632. The zero-order valence-corrected chi connectivity index (χ0v) is 15.8. The second-order valence-electron chi connectivity index (χ2n) is 5.93. The maximum Gasteiger partial charge on any atom is 0.434 e. The molecule has 0 saturated heterocycles. The normalized spacial score (nSPS) is 11.5. The molecule has 0 saturated carbocycles. The summed E-state index contributed by atoms with van der Waals surface area (Å²) in [4.78, 5) is 12.3. The molecule has 3 aromatic rings. The Morgan fingerprint density at radius 2 is 1.57 bits per heavy atom. The average Bonchev–Trinajstić information content (AvgIpc) is 3.09. The van der Waals surface area contributed by atoms with Gasteiger partial charge in [0, 0.05) is 16.6 Å². The fourth-order valence-corrected chi connectivity index (χ4v) is 2.88. The fraction of sp³-hybridized carbons (Fsp3) is 0.158. The zero-order chi connectivity index (χ0) is 20.3. The molecule has 0 aliphatic rings. The monoisotopic (exact) mass is 427 g/mol. The topological polar surface area (TPSA) is 46.9 Å². The summed E-state index contributed by atoms with van der Waals surface area (Å²) in [6, 6.07) is 12.7. The van der Waals surface area contributed by atoms with Crippen molar-refractivity contribution in [3.05, 3.63) is 81.6 Å². The average molecular weight is 428 g/mol. The van der Waals surface area contributed by atoms with Crippen molar-refractivity contribution < 1.29 is 18.0 Å². The number of hydrogen-bond acceptors (Lipinski definition) is 2. The van der Waals surface area contributed by atoms with Crippen LogP contribution >= 0.6 is 23.2 Å². The molecular weight excluding hydrogens is 414 g/mol. The van der Waals surface area contributed by atoms with Gasteiger partial charge < -0.3 is 5.32 Å². The summed E-state index contributed by atoms with van der Waals surface area (Å²) in [6.07, 6.45) is -3.40. The predicted octanol–water partition coefficient (Wildman–Crippen LogP) is 5.17. The first kappa shape index (κ1) is 20.2. The summed E-state index contributed by atoms with van der Waals surface area (Å²) in [5.74, 6) is -0.846. The lowest BCUT2D eigenvalue weighted by atomic mass is 10.1. The Labute approximate surface area is 168 Å². The van der Waals surface area contributed by atoms with Gasteiger partial charge in [0.1, 0.15) is 0 Å². The minimum atomic E-state index is -4.76. The maximum absolute atomic E-state index is 13.6. The minimum absolute atomic E-state index is 0.150. The Morgan fingerprint density at radius 3 is 2.14 bits per heavy atom. The van der Waals surface area contributed by atoms with E-state index in [4.69, 9.17) is 23.2 Å². The lowest BCUT2D eigenvalue weighted by Gasteiger charge is -2.13. The molecule has 9 heteroatoms. The number of rotatable bonds is 5. The summed E-state index contributed by atoms with van der Waals surface area (Å²) in [7, 11) is 0. The number of carbonyl (C=O) groups excluding carboxylic acids is 1. The van der Waals surface area contributed by atoms with Gasteiger partial charge in [-0.3, -0.25) is 4.79 Å². The molecule has 1 N–H and O–H groups in total. The molecule has 0 fully saturated rings. The molecular formula is C19H14Cl2F3N3O. The molecule has 3 rings (SSSR count). The summed E-state index contributed by atoms with van der Waals surface area (Å²) in [6.45, 7) is 0.171. The minimum Gasteiger partial charge on any atom is -0.352 e. The molecule has 1 amide bonds. The van der Waals surface area contributed by atoms with E-state index >= 15 is 0 Å². The van der Waals surface area contributed by atoms with Crippen molar-refractivity contribution in [3.8, 4) is 5.69 Å². The van der Waals surface area contributed by atoms with Gasteiger partial charge in [-0.2, -0.15) is 18.3 Å². The van der Waals surface area contributed by atoms with Crippen LogP contribution in [0, 0.1) is 0 Å². The smallest absolute Gasteiger partial charge is 0.352 e. The predicted molar refractivity (Wildman–Crippen MR) is 101 cm³/mol. The number of nitrogens with zero attached hydrogens (tertiary/aromatic N) is 2.